The lowest BCUT2D eigenvalue weighted by Crippen LogP contribution is -2.18. The Morgan fingerprint density at radius 1 is 1.50 bits per heavy atom. The molecule has 16 heavy (non-hydrogen) atoms. The maximum atomic E-state index is 5.90. The predicted molar refractivity (Wildman–Crippen MR) is 69.0 cm³/mol. The van der Waals surface area contributed by atoms with E-state index in [4.69, 9.17) is 22.1 Å². The number of thiophene rings is 1. The van der Waals surface area contributed by atoms with Crippen LogP contribution in [0.15, 0.2) is 12.1 Å². The molecule has 0 aliphatic heterocycles. The van der Waals surface area contributed by atoms with Crippen molar-refractivity contribution in [2.45, 2.75) is 31.8 Å². The van der Waals surface area contributed by atoms with Gasteiger partial charge in [0.15, 0.2) is 0 Å². The number of hydrogen-bond donors (Lipinski definition) is 1. The van der Waals surface area contributed by atoms with Crippen LogP contribution in [-0.2, 0) is 4.74 Å². The van der Waals surface area contributed by atoms with E-state index in [2.05, 4.69) is 0 Å². The van der Waals surface area contributed by atoms with E-state index < -0.39 is 0 Å². The molecular formula is C12H18ClNOS. The van der Waals surface area contributed by atoms with Crippen LogP contribution in [-0.4, -0.2) is 13.2 Å². The summed E-state index contributed by atoms with van der Waals surface area (Å²) in [6.07, 6.45) is 5.35. The normalized spacial score (nSPS) is 18.4. The summed E-state index contributed by atoms with van der Waals surface area (Å²) in [5.41, 5.74) is 5.72. The van der Waals surface area contributed by atoms with Gasteiger partial charge >= 0.3 is 0 Å². The summed E-state index contributed by atoms with van der Waals surface area (Å²) in [5, 5.41) is 0. The van der Waals surface area contributed by atoms with Gasteiger partial charge < -0.3 is 10.5 Å². The lowest BCUT2D eigenvalue weighted by molar-refractivity contribution is 0.0445. The maximum absolute atomic E-state index is 5.90. The monoisotopic (exact) mass is 259 g/mol. The summed E-state index contributed by atoms with van der Waals surface area (Å²) in [6.45, 7) is 1.35. The van der Waals surface area contributed by atoms with Crippen LogP contribution in [0.1, 0.15) is 36.7 Å². The Morgan fingerprint density at radius 2 is 2.31 bits per heavy atom. The second-order valence-corrected chi connectivity index (χ2v) is 6.07. The Hall–Kier alpha value is -0.0900. The summed E-state index contributed by atoms with van der Waals surface area (Å²) in [6, 6.07) is 3.91. The molecule has 0 amide bonds. The minimum absolute atomic E-state index is 0.0255. The molecule has 1 atom stereocenters. The summed E-state index contributed by atoms with van der Waals surface area (Å²) >= 11 is 7.46. The second-order valence-electron chi connectivity index (χ2n) is 4.32. The van der Waals surface area contributed by atoms with Gasteiger partial charge in [-0.05, 0) is 24.5 Å². The fourth-order valence-corrected chi connectivity index (χ4v) is 3.05. The Morgan fingerprint density at radius 3 is 2.81 bits per heavy atom. The predicted octanol–water partition coefficient (Wildman–Crippen LogP) is 3.61. The highest BCUT2D eigenvalue weighted by molar-refractivity contribution is 7.16. The molecule has 0 radical (unpaired) electrons. The first-order chi connectivity index (χ1) is 7.79. The highest BCUT2D eigenvalue weighted by Crippen LogP contribution is 2.31. The number of ether oxygens (including phenoxy) is 1. The van der Waals surface area contributed by atoms with Gasteiger partial charge in [0.25, 0.3) is 0 Å². The van der Waals surface area contributed by atoms with E-state index in [0.29, 0.717) is 6.54 Å². The SMILES string of the molecule is NCC(OCCC1CCC1)c1ccc(Cl)s1. The zero-order chi connectivity index (χ0) is 11.4. The van der Waals surface area contributed by atoms with E-state index >= 15 is 0 Å². The molecule has 2 nitrogen and oxygen atoms in total. The van der Waals surface area contributed by atoms with Crippen molar-refractivity contribution >= 4 is 22.9 Å². The van der Waals surface area contributed by atoms with Crippen molar-refractivity contribution in [2.24, 2.45) is 11.7 Å². The fraction of sp³-hybridized carbons (Fsp3) is 0.667. The van der Waals surface area contributed by atoms with Gasteiger partial charge in [0.05, 0.1) is 4.34 Å². The average Bonchev–Trinajstić information content (AvgIpc) is 2.62. The molecule has 2 rings (SSSR count). The van der Waals surface area contributed by atoms with Gasteiger partial charge in [-0.15, -0.1) is 11.3 Å². The van der Waals surface area contributed by atoms with E-state index in [0.717, 1.165) is 21.7 Å². The molecule has 1 saturated carbocycles. The van der Waals surface area contributed by atoms with E-state index in [1.807, 2.05) is 12.1 Å². The molecule has 1 aromatic heterocycles. The molecule has 0 spiro atoms. The molecule has 1 aliphatic carbocycles. The van der Waals surface area contributed by atoms with Crippen LogP contribution in [0.3, 0.4) is 0 Å². The number of halogens is 1. The minimum atomic E-state index is 0.0255. The number of hydrogen-bond acceptors (Lipinski definition) is 3. The van der Waals surface area contributed by atoms with Gasteiger partial charge in [0.2, 0.25) is 0 Å². The third-order valence-corrected chi connectivity index (χ3v) is 4.52. The van der Waals surface area contributed by atoms with E-state index in [1.165, 1.54) is 25.7 Å². The number of rotatable bonds is 6. The third kappa shape index (κ3) is 3.20. The fourth-order valence-electron chi connectivity index (χ4n) is 1.93. The van der Waals surface area contributed by atoms with Crippen molar-refractivity contribution in [3.63, 3.8) is 0 Å². The summed E-state index contributed by atoms with van der Waals surface area (Å²) in [7, 11) is 0. The molecule has 1 fully saturated rings. The Kier molecular flexibility index (Phi) is 4.65. The van der Waals surface area contributed by atoms with Crippen LogP contribution in [0.25, 0.3) is 0 Å². The lowest BCUT2D eigenvalue weighted by atomic mass is 9.83. The molecule has 90 valence electrons. The van der Waals surface area contributed by atoms with Crippen molar-refractivity contribution in [1.82, 2.24) is 0 Å². The van der Waals surface area contributed by atoms with Gasteiger partial charge in [-0.25, -0.2) is 0 Å². The van der Waals surface area contributed by atoms with Crippen LogP contribution in [0.2, 0.25) is 4.34 Å². The smallest absolute Gasteiger partial charge is 0.104 e. The highest BCUT2D eigenvalue weighted by Gasteiger charge is 2.18. The molecule has 0 bridgehead atoms. The molecule has 4 heteroatoms. The van der Waals surface area contributed by atoms with E-state index in [1.54, 1.807) is 11.3 Å². The first-order valence-electron chi connectivity index (χ1n) is 5.86. The van der Waals surface area contributed by atoms with E-state index in [-0.39, 0.29) is 6.10 Å². The molecular weight excluding hydrogens is 242 g/mol. The van der Waals surface area contributed by atoms with Crippen molar-refractivity contribution < 1.29 is 4.74 Å². The van der Waals surface area contributed by atoms with Gasteiger partial charge in [-0.2, -0.15) is 0 Å². The van der Waals surface area contributed by atoms with Crippen molar-refractivity contribution in [2.75, 3.05) is 13.2 Å². The molecule has 0 aromatic carbocycles. The molecule has 1 heterocycles. The van der Waals surface area contributed by atoms with Crippen LogP contribution in [0.4, 0.5) is 0 Å². The van der Waals surface area contributed by atoms with Crippen molar-refractivity contribution in [1.29, 1.82) is 0 Å². The van der Waals surface area contributed by atoms with E-state index in [9.17, 15) is 0 Å². The Bertz CT molecular complexity index is 325. The number of nitrogens with two attached hydrogens (primary N) is 1. The maximum Gasteiger partial charge on any atom is 0.104 e. The largest absolute Gasteiger partial charge is 0.371 e. The van der Waals surface area contributed by atoms with Gasteiger partial charge in [-0.3, -0.25) is 0 Å². The van der Waals surface area contributed by atoms with Gasteiger partial charge in [0.1, 0.15) is 6.10 Å². The van der Waals surface area contributed by atoms with Crippen molar-refractivity contribution in [3.8, 4) is 0 Å². The molecule has 2 N–H and O–H groups in total. The summed E-state index contributed by atoms with van der Waals surface area (Å²) < 4.78 is 6.63. The topological polar surface area (TPSA) is 35.2 Å². The lowest BCUT2D eigenvalue weighted by Gasteiger charge is -2.25. The molecule has 1 aliphatic rings. The molecule has 0 saturated heterocycles. The van der Waals surface area contributed by atoms with Gasteiger partial charge in [-0.1, -0.05) is 30.9 Å². The third-order valence-electron chi connectivity index (χ3n) is 3.20. The average molecular weight is 260 g/mol. The zero-order valence-corrected chi connectivity index (χ0v) is 10.9. The van der Waals surface area contributed by atoms with Crippen LogP contribution < -0.4 is 5.73 Å². The van der Waals surface area contributed by atoms with Crippen molar-refractivity contribution in [3.05, 3.63) is 21.3 Å². The quantitative estimate of drug-likeness (QED) is 0.847. The first kappa shape index (κ1) is 12.4. The van der Waals surface area contributed by atoms with Crippen LogP contribution >= 0.6 is 22.9 Å². The zero-order valence-electron chi connectivity index (χ0n) is 9.32. The van der Waals surface area contributed by atoms with Crippen LogP contribution in [0.5, 0.6) is 0 Å². The first-order valence-corrected chi connectivity index (χ1v) is 7.06. The second kappa shape index (κ2) is 6.01. The molecule has 1 unspecified atom stereocenters. The summed E-state index contributed by atoms with van der Waals surface area (Å²) in [4.78, 5) is 1.14. The molecule has 1 aromatic rings. The Balaban J connectivity index is 1.76. The standard InChI is InChI=1S/C12H18ClNOS/c13-12-5-4-11(16-12)10(8-14)15-7-6-9-2-1-3-9/h4-5,9-10H,1-3,6-8,14H2. The highest BCUT2D eigenvalue weighted by atomic mass is 35.5. The minimum Gasteiger partial charge on any atom is -0.371 e. The van der Waals surface area contributed by atoms with Gasteiger partial charge in [0, 0.05) is 18.0 Å². The summed E-state index contributed by atoms with van der Waals surface area (Å²) in [5.74, 6) is 0.894. The Labute approximate surface area is 106 Å². The van der Waals surface area contributed by atoms with Crippen LogP contribution in [0, 0.1) is 5.92 Å².